The van der Waals surface area contributed by atoms with Crippen molar-refractivity contribution in [3.05, 3.63) is 47.5 Å². The molecule has 5 rings (SSSR count). The fourth-order valence-electron chi connectivity index (χ4n) is 9.16. The number of aliphatic hydroxyl groups is 1. The zero-order valence-corrected chi connectivity index (χ0v) is 25.8. The Morgan fingerprint density at radius 2 is 1.70 bits per heavy atom. The molecule has 9 heteroatoms. The van der Waals surface area contributed by atoms with Gasteiger partial charge >= 0.3 is 11.9 Å². The first kappa shape index (κ1) is 32.1. The molecule has 0 aromatic heterocycles. The SMILES string of the molecule is C[C@]12CCC(=O)C=C1CC[C@H]1[C@H]2CC[C@@]2(C)[C@@H]1CC[C@]2(O)C(=O)COC(=O)CCC(=O)NC[C@H](CC(=O)O)c1ccccc1. The van der Waals surface area contributed by atoms with Gasteiger partial charge in [0.05, 0.1) is 12.8 Å². The molecule has 238 valence electrons. The number of Topliss-reactive ketones (excluding diaryl/α,β-unsaturated/α-hetero) is 1. The number of hydrogen-bond acceptors (Lipinski definition) is 7. The number of carbonyl (C=O) groups excluding carboxylic acids is 4. The molecule has 0 heterocycles. The molecule has 0 bridgehead atoms. The van der Waals surface area contributed by atoms with Gasteiger partial charge in [-0.3, -0.25) is 24.0 Å². The molecule has 44 heavy (non-hydrogen) atoms. The second kappa shape index (κ2) is 12.6. The maximum atomic E-state index is 13.5. The van der Waals surface area contributed by atoms with Crippen molar-refractivity contribution in [3.63, 3.8) is 0 Å². The number of carboxylic acid groups (broad SMARTS) is 1. The molecule has 1 amide bonds. The molecule has 7 atom stereocenters. The Kier molecular flexibility index (Phi) is 9.17. The van der Waals surface area contributed by atoms with Crippen LogP contribution in [0.1, 0.15) is 96.0 Å². The highest BCUT2D eigenvalue weighted by Gasteiger charge is 2.66. The van der Waals surface area contributed by atoms with Crippen molar-refractivity contribution in [2.45, 2.75) is 96.0 Å². The van der Waals surface area contributed by atoms with Crippen molar-refractivity contribution < 1.29 is 38.9 Å². The Balaban J connectivity index is 1.12. The first-order valence-electron chi connectivity index (χ1n) is 16.1. The lowest BCUT2D eigenvalue weighted by molar-refractivity contribution is -0.170. The summed E-state index contributed by atoms with van der Waals surface area (Å²) in [5.41, 5.74) is -0.100. The molecular formula is C35H45NO8. The summed E-state index contributed by atoms with van der Waals surface area (Å²) in [5.74, 6) is -1.75. The van der Waals surface area contributed by atoms with E-state index in [1.165, 1.54) is 5.57 Å². The van der Waals surface area contributed by atoms with Crippen LogP contribution in [0.3, 0.4) is 0 Å². The van der Waals surface area contributed by atoms with E-state index in [-0.39, 0.29) is 42.9 Å². The number of rotatable bonds is 11. The lowest BCUT2D eigenvalue weighted by Crippen LogP contribution is -2.58. The summed E-state index contributed by atoms with van der Waals surface area (Å²) in [6.07, 6.45) is 7.33. The second-order valence-electron chi connectivity index (χ2n) is 13.9. The topological polar surface area (TPSA) is 147 Å². The Labute approximate surface area is 258 Å². The van der Waals surface area contributed by atoms with E-state index < -0.39 is 47.2 Å². The van der Waals surface area contributed by atoms with E-state index >= 15 is 0 Å². The number of nitrogens with one attached hydrogen (secondary N) is 1. The number of ketones is 2. The first-order valence-corrected chi connectivity index (χ1v) is 16.1. The van der Waals surface area contributed by atoms with Gasteiger partial charge in [0.25, 0.3) is 0 Å². The molecule has 3 saturated carbocycles. The summed E-state index contributed by atoms with van der Waals surface area (Å²) < 4.78 is 5.26. The minimum absolute atomic E-state index is 0.00338. The maximum absolute atomic E-state index is 13.5. The summed E-state index contributed by atoms with van der Waals surface area (Å²) in [5, 5.41) is 23.8. The Morgan fingerprint density at radius 1 is 0.977 bits per heavy atom. The van der Waals surface area contributed by atoms with Gasteiger partial charge < -0.3 is 20.3 Å². The number of benzene rings is 1. The van der Waals surface area contributed by atoms with Gasteiger partial charge in [-0.2, -0.15) is 0 Å². The molecule has 0 radical (unpaired) electrons. The normalized spacial score (nSPS) is 33.2. The zero-order valence-electron chi connectivity index (χ0n) is 25.8. The fraction of sp³-hybridized carbons (Fsp3) is 0.629. The van der Waals surface area contributed by atoms with Gasteiger partial charge in [0.2, 0.25) is 11.7 Å². The van der Waals surface area contributed by atoms with Gasteiger partial charge in [-0.25, -0.2) is 0 Å². The predicted molar refractivity (Wildman–Crippen MR) is 161 cm³/mol. The standard InChI is InChI=1S/C35H45NO8/c1-33-15-12-25(37)19-24(33)8-9-26-27(33)13-16-34(2)28(26)14-17-35(34,43)29(38)21-44-32(42)11-10-30(39)36-20-23(18-31(40)41)22-6-4-3-5-7-22/h3-7,19,23,26-28,43H,8-18,20-21H2,1-2H3,(H,36,39)(H,40,41)/t23-,26-,27+,28+,33-,34-,35-/m0/s1. The highest BCUT2D eigenvalue weighted by atomic mass is 16.5. The number of ether oxygens (including phenoxy) is 1. The fourth-order valence-corrected chi connectivity index (χ4v) is 9.16. The highest BCUT2D eigenvalue weighted by Crippen LogP contribution is 2.67. The highest BCUT2D eigenvalue weighted by molar-refractivity contribution is 5.92. The number of esters is 1. The molecule has 1 aromatic carbocycles. The van der Waals surface area contributed by atoms with E-state index in [0.29, 0.717) is 31.1 Å². The number of fused-ring (bicyclic) bond motifs is 5. The number of carbonyl (C=O) groups is 5. The number of carboxylic acids is 1. The van der Waals surface area contributed by atoms with Crippen LogP contribution in [0.4, 0.5) is 0 Å². The summed E-state index contributed by atoms with van der Waals surface area (Å²) in [7, 11) is 0. The average Bonchev–Trinajstić information content (AvgIpc) is 3.28. The monoisotopic (exact) mass is 607 g/mol. The van der Waals surface area contributed by atoms with Gasteiger partial charge in [0.15, 0.2) is 12.4 Å². The molecule has 4 aliphatic rings. The molecule has 4 aliphatic carbocycles. The van der Waals surface area contributed by atoms with Crippen molar-refractivity contribution in [2.24, 2.45) is 28.6 Å². The number of amides is 1. The molecule has 0 aliphatic heterocycles. The van der Waals surface area contributed by atoms with Gasteiger partial charge in [0, 0.05) is 30.7 Å². The van der Waals surface area contributed by atoms with Crippen LogP contribution >= 0.6 is 0 Å². The molecule has 1 aromatic rings. The maximum Gasteiger partial charge on any atom is 0.306 e. The molecule has 0 spiro atoms. The summed E-state index contributed by atoms with van der Waals surface area (Å²) in [4.78, 5) is 61.7. The number of aliphatic carboxylic acids is 1. The first-order chi connectivity index (χ1) is 20.9. The summed E-state index contributed by atoms with van der Waals surface area (Å²) >= 11 is 0. The van der Waals surface area contributed by atoms with E-state index in [1.54, 1.807) is 12.1 Å². The molecule has 0 saturated heterocycles. The van der Waals surface area contributed by atoms with Crippen LogP contribution in [-0.2, 0) is 28.7 Å². The lowest BCUT2D eigenvalue weighted by Gasteiger charge is -2.58. The van der Waals surface area contributed by atoms with Crippen LogP contribution in [0.25, 0.3) is 0 Å². The molecular weight excluding hydrogens is 562 g/mol. The minimum atomic E-state index is -1.57. The van der Waals surface area contributed by atoms with Gasteiger partial charge in [-0.1, -0.05) is 49.8 Å². The average molecular weight is 608 g/mol. The zero-order chi connectivity index (χ0) is 31.7. The van der Waals surface area contributed by atoms with Crippen molar-refractivity contribution in [1.29, 1.82) is 0 Å². The van der Waals surface area contributed by atoms with E-state index in [0.717, 1.165) is 37.7 Å². The van der Waals surface area contributed by atoms with Crippen LogP contribution in [0, 0.1) is 28.6 Å². The van der Waals surface area contributed by atoms with E-state index in [4.69, 9.17) is 4.74 Å². The van der Waals surface area contributed by atoms with Crippen LogP contribution < -0.4 is 5.32 Å². The Morgan fingerprint density at radius 3 is 2.43 bits per heavy atom. The van der Waals surface area contributed by atoms with Crippen molar-refractivity contribution in [3.8, 4) is 0 Å². The van der Waals surface area contributed by atoms with Gasteiger partial charge in [0.1, 0.15) is 5.60 Å². The predicted octanol–water partition coefficient (Wildman–Crippen LogP) is 4.52. The van der Waals surface area contributed by atoms with Gasteiger partial charge in [-0.05, 0) is 79.8 Å². The van der Waals surface area contributed by atoms with Crippen LogP contribution in [0.2, 0.25) is 0 Å². The summed E-state index contributed by atoms with van der Waals surface area (Å²) in [6.45, 7) is 3.91. The quantitative estimate of drug-likeness (QED) is 0.311. The van der Waals surface area contributed by atoms with E-state index in [2.05, 4.69) is 12.2 Å². The molecule has 3 fully saturated rings. The second-order valence-corrected chi connectivity index (χ2v) is 13.9. The third-order valence-electron chi connectivity index (χ3n) is 11.7. The minimum Gasteiger partial charge on any atom is -0.481 e. The summed E-state index contributed by atoms with van der Waals surface area (Å²) in [6, 6.07) is 9.06. The van der Waals surface area contributed by atoms with E-state index in [9.17, 15) is 34.2 Å². The van der Waals surface area contributed by atoms with Crippen LogP contribution in [-0.4, -0.2) is 58.4 Å². The Hall–Kier alpha value is -3.33. The van der Waals surface area contributed by atoms with E-state index in [1.807, 2.05) is 31.2 Å². The van der Waals surface area contributed by atoms with Gasteiger partial charge in [-0.15, -0.1) is 0 Å². The smallest absolute Gasteiger partial charge is 0.306 e. The lowest BCUT2D eigenvalue weighted by atomic mass is 9.46. The van der Waals surface area contributed by atoms with Crippen molar-refractivity contribution in [1.82, 2.24) is 5.32 Å². The number of hydrogen-bond donors (Lipinski definition) is 3. The molecule has 0 unspecified atom stereocenters. The van der Waals surface area contributed by atoms with Crippen LogP contribution in [0.15, 0.2) is 42.0 Å². The number of allylic oxidation sites excluding steroid dienone is 1. The third kappa shape index (κ3) is 6.00. The largest absolute Gasteiger partial charge is 0.481 e. The van der Waals surface area contributed by atoms with Crippen molar-refractivity contribution in [2.75, 3.05) is 13.2 Å². The van der Waals surface area contributed by atoms with Crippen LogP contribution in [0.5, 0.6) is 0 Å². The third-order valence-corrected chi connectivity index (χ3v) is 11.7. The Bertz CT molecular complexity index is 1340. The molecule has 3 N–H and O–H groups in total. The van der Waals surface area contributed by atoms with Crippen molar-refractivity contribution >= 4 is 29.4 Å². The molecule has 9 nitrogen and oxygen atoms in total.